The van der Waals surface area contributed by atoms with Crippen LogP contribution in [0.2, 0.25) is 0 Å². The van der Waals surface area contributed by atoms with Crippen molar-refractivity contribution in [3.63, 3.8) is 0 Å². The molecule has 0 aromatic heterocycles. The highest BCUT2D eigenvalue weighted by atomic mass is 79.9. The maximum atomic E-state index is 11.1. The lowest BCUT2D eigenvalue weighted by molar-refractivity contribution is -0.117. The van der Waals surface area contributed by atoms with Gasteiger partial charge in [0, 0.05) is 29.7 Å². The van der Waals surface area contributed by atoms with E-state index in [0.717, 1.165) is 10.9 Å². The maximum absolute atomic E-state index is 11.1. The summed E-state index contributed by atoms with van der Waals surface area (Å²) in [4.78, 5) is 13.4. The molecule has 1 aromatic rings. The zero-order valence-electron chi connectivity index (χ0n) is 8.96. The summed E-state index contributed by atoms with van der Waals surface area (Å²) < 4.78 is 1.15. The van der Waals surface area contributed by atoms with Crippen molar-refractivity contribution in [2.24, 2.45) is 0 Å². The third-order valence-electron chi connectivity index (χ3n) is 2.98. The molecular formula is C12H14BrNO. The minimum Gasteiger partial charge on any atom is -0.371 e. The fourth-order valence-electron chi connectivity index (χ4n) is 2.19. The predicted molar refractivity (Wildman–Crippen MR) is 65.3 cm³/mol. The Bertz CT molecular complexity index is 403. The molecule has 0 saturated carbocycles. The number of carbonyl (C=O) groups excluding carboxylic acids is 1. The first-order chi connectivity index (χ1) is 7.09. The van der Waals surface area contributed by atoms with Gasteiger partial charge in [0.25, 0.3) is 0 Å². The van der Waals surface area contributed by atoms with Crippen LogP contribution < -0.4 is 4.90 Å². The second kappa shape index (κ2) is 3.97. The summed E-state index contributed by atoms with van der Waals surface area (Å²) in [6.45, 7) is 1.66. The van der Waals surface area contributed by atoms with Crippen molar-refractivity contribution in [1.82, 2.24) is 0 Å². The molecule has 1 unspecified atom stereocenters. The first kappa shape index (κ1) is 10.7. The predicted octanol–water partition coefficient (Wildman–Crippen LogP) is 2.79. The van der Waals surface area contributed by atoms with Gasteiger partial charge in [-0.3, -0.25) is 4.79 Å². The van der Waals surface area contributed by atoms with Gasteiger partial charge in [0.15, 0.2) is 0 Å². The van der Waals surface area contributed by atoms with Crippen molar-refractivity contribution < 1.29 is 4.79 Å². The SMILES string of the molecule is CC(=O)CC1Cc2c(Br)cccc2N1C. The summed E-state index contributed by atoms with van der Waals surface area (Å²) >= 11 is 3.56. The normalized spacial score (nSPS) is 19.1. The van der Waals surface area contributed by atoms with Gasteiger partial charge in [-0.2, -0.15) is 0 Å². The average molecular weight is 268 g/mol. The molecule has 15 heavy (non-hydrogen) atoms. The third kappa shape index (κ3) is 1.93. The summed E-state index contributed by atoms with van der Waals surface area (Å²) in [5.74, 6) is 0.260. The third-order valence-corrected chi connectivity index (χ3v) is 3.73. The molecule has 0 bridgehead atoms. The summed E-state index contributed by atoms with van der Waals surface area (Å²) in [6, 6.07) is 6.54. The standard InChI is InChI=1S/C12H14BrNO/c1-8(15)6-9-7-10-11(13)4-3-5-12(10)14(9)2/h3-5,9H,6-7H2,1-2H3. The highest BCUT2D eigenvalue weighted by Crippen LogP contribution is 2.36. The largest absolute Gasteiger partial charge is 0.371 e. The van der Waals surface area contributed by atoms with Crippen LogP contribution in [0.1, 0.15) is 18.9 Å². The van der Waals surface area contributed by atoms with Crippen LogP contribution >= 0.6 is 15.9 Å². The Balaban J connectivity index is 2.29. The lowest BCUT2D eigenvalue weighted by atomic mass is 10.1. The van der Waals surface area contributed by atoms with E-state index in [1.807, 2.05) is 6.07 Å². The molecule has 3 heteroatoms. The Morgan fingerprint density at radius 1 is 1.60 bits per heavy atom. The Kier molecular flexibility index (Phi) is 2.83. The quantitative estimate of drug-likeness (QED) is 0.822. The summed E-state index contributed by atoms with van der Waals surface area (Å²) in [5.41, 5.74) is 2.57. The minimum absolute atomic E-state index is 0.260. The zero-order chi connectivity index (χ0) is 11.0. The first-order valence-corrected chi connectivity index (χ1v) is 5.88. The molecule has 1 aliphatic rings. The number of halogens is 1. The van der Waals surface area contributed by atoms with E-state index in [1.165, 1.54) is 11.3 Å². The molecule has 2 nitrogen and oxygen atoms in total. The van der Waals surface area contributed by atoms with Crippen LogP contribution in [0.4, 0.5) is 5.69 Å². The number of hydrogen-bond acceptors (Lipinski definition) is 2. The molecule has 1 heterocycles. The van der Waals surface area contributed by atoms with Gasteiger partial charge in [0.05, 0.1) is 0 Å². The fourth-order valence-corrected chi connectivity index (χ4v) is 2.71. The van der Waals surface area contributed by atoms with Gasteiger partial charge in [-0.05, 0) is 31.0 Å². The summed E-state index contributed by atoms with van der Waals surface area (Å²) in [6.07, 6.45) is 1.60. The number of rotatable bonds is 2. The van der Waals surface area contributed by atoms with E-state index in [9.17, 15) is 4.79 Å². The molecule has 80 valence electrons. The number of fused-ring (bicyclic) bond motifs is 1. The van der Waals surface area contributed by atoms with Crippen molar-refractivity contribution in [1.29, 1.82) is 0 Å². The molecule has 2 rings (SSSR count). The fraction of sp³-hybridized carbons (Fsp3) is 0.417. The van der Waals surface area contributed by atoms with Crippen LogP contribution in [0.5, 0.6) is 0 Å². The summed E-state index contributed by atoms with van der Waals surface area (Å²) in [7, 11) is 2.06. The van der Waals surface area contributed by atoms with E-state index in [0.29, 0.717) is 12.5 Å². The lowest BCUT2D eigenvalue weighted by Crippen LogP contribution is -2.29. The van der Waals surface area contributed by atoms with Crippen LogP contribution in [0.25, 0.3) is 0 Å². The van der Waals surface area contributed by atoms with E-state index < -0.39 is 0 Å². The van der Waals surface area contributed by atoms with Crippen LogP contribution in [-0.2, 0) is 11.2 Å². The second-order valence-electron chi connectivity index (χ2n) is 4.11. The maximum Gasteiger partial charge on any atom is 0.131 e. The van der Waals surface area contributed by atoms with Gasteiger partial charge in [-0.1, -0.05) is 22.0 Å². The number of likely N-dealkylation sites (N-methyl/N-ethyl adjacent to an activating group) is 1. The molecule has 0 radical (unpaired) electrons. The molecule has 1 aromatic carbocycles. The smallest absolute Gasteiger partial charge is 0.131 e. The number of benzene rings is 1. The summed E-state index contributed by atoms with van der Waals surface area (Å²) in [5, 5.41) is 0. The topological polar surface area (TPSA) is 20.3 Å². The van der Waals surface area contributed by atoms with Crippen LogP contribution in [0, 0.1) is 0 Å². The molecule has 1 atom stereocenters. The highest BCUT2D eigenvalue weighted by molar-refractivity contribution is 9.10. The van der Waals surface area contributed by atoms with E-state index in [-0.39, 0.29) is 5.78 Å². The Hall–Kier alpha value is -0.830. The van der Waals surface area contributed by atoms with Crippen LogP contribution in [-0.4, -0.2) is 18.9 Å². The minimum atomic E-state index is 0.260. The monoisotopic (exact) mass is 267 g/mol. The average Bonchev–Trinajstić information content (AvgIpc) is 2.46. The number of anilines is 1. The van der Waals surface area contributed by atoms with Crippen LogP contribution in [0.15, 0.2) is 22.7 Å². The van der Waals surface area contributed by atoms with Gasteiger partial charge >= 0.3 is 0 Å². The zero-order valence-corrected chi connectivity index (χ0v) is 10.5. The van der Waals surface area contributed by atoms with Gasteiger partial charge in [0.2, 0.25) is 0 Å². The van der Waals surface area contributed by atoms with Gasteiger partial charge in [-0.15, -0.1) is 0 Å². The first-order valence-electron chi connectivity index (χ1n) is 5.09. The molecular weight excluding hydrogens is 254 g/mol. The Morgan fingerprint density at radius 2 is 2.33 bits per heavy atom. The van der Waals surface area contributed by atoms with Crippen molar-refractivity contribution >= 4 is 27.4 Å². The van der Waals surface area contributed by atoms with Crippen molar-refractivity contribution in [3.05, 3.63) is 28.2 Å². The van der Waals surface area contributed by atoms with E-state index in [1.54, 1.807) is 6.92 Å². The molecule has 0 saturated heterocycles. The molecule has 0 spiro atoms. The van der Waals surface area contributed by atoms with Gasteiger partial charge in [0.1, 0.15) is 5.78 Å². The Morgan fingerprint density at radius 3 is 2.93 bits per heavy atom. The van der Waals surface area contributed by atoms with E-state index in [4.69, 9.17) is 0 Å². The van der Waals surface area contributed by atoms with Gasteiger partial charge in [-0.25, -0.2) is 0 Å². The molecule has 0 fully saturated rings. The number of ketones is 1. The highest BCUT2D eigenvalue weighted by Gasteiger charge is 2.28. The number of nitrogens with zero attached hydrogens (tertiary/aromatic N) is 1. The van der Waals surface area contributed by atoms with Crippen molar-refractivity contribution in [2.45, 2.75) is 25.8 Å². The molecule has 0 amide bonds. The number of Topliss-reactive ketones (excluding diaryl/α,β-unsaturated/α-hetero) is 1. The number of hydrogen-bond donors (Lipinski definition) is 0. The van der Waals surface area contributed by atoms with Crippen molar-refractivity contribution in [2.75, 3.05) is 11.9 Å². The van der Waals surface area contributed by atoms with Crippen LogP contribution in [0.3, 0.4) is 0 Å². The molecule has 0 aliphatic carbocycles. The van der Waals surface area contributed by atoms with E-state index in [2.05, 4.69) is 40.0 Å². The van der Waals surface area contributed by atoms with Crippen molar-refractivity contribution in [3.8, 4) is 0 Å². The molecule has 0 N–H and O–H groups in total. The lowest BCUT2D eigenvalue weighted by Gasteiger charge is -2.21. The van der Waals surface area contributed by atoms with E-state index >= 15 is 0 Å². The Labute approximate surface area is 98.4 Å². The second-order valence-corrected chi connectivity index (χ2v) is 4.97. The van der Waals surface area contributed by atoms with Gasteiger partial charge < -0.3 is 4.90 Å². The number of carbonyl (C=O) groups is 1. The molecule has 1 aliphatic heterocycles.